The monoisotopic (exact) mass is 376 g/mol. The number of nitrogens with one attached hydrogen (secondary N) is 2. The molecule has 3 N–H and O–H groups in total. The Balaban J connectivity index is 1.77. The molecule has 0 saturated heterocycles. The first-order valence-electron chi connectivity index (χ1n) is 8.14. The molecule has 3 rings (SSSR count). The van der Waals surface area contributed by atoms with Crippen LogP contribution in [0.3, 0.4) is 0 Å². The SMILES string of the molecule is O=C(O)COc1ccc(NC(=O)c2cc3c([nH]c2=O)CCCC3)cc1Cl. The van der Waals surface area contributed by atoms with Crippen molar-refractivity contribution in [1.82, 2.24) is 4.98 Å². The number of benzene rings is 1. The molecular formula is C18H17ClN2O5. The fourth-order valence-corrected chi connectivity index (χ4v) is 3.11. The van der Waals surface area contributed by atoms with Gasteiger partial charge in [0.1, 0.15) is 11.3 Å². The normalized spacial score (nSPS) is 13.0. The van der Waals surface area contributed by atoms with Crippen molar-refractivity contribution >= 4 is 29.2 Å². The van der Waals surface area contributed by atoms with Gasteiger partial charge in [-0.05, 0) is 55.5 Å². The van der Waals surface area contributed by atoms with Crippen molar-refractivity contribution in [3.8, 4) is 5.75 Å². The second kappa shape index (κ2) is 7.61. The molecule has 0 bridgehead atoms. The third-order valence-corrected chi connectivity index (χ3v) is 4.42. The molecule has 2 aromatic rings. The molecule has 8 heteroatoms. The highest BCUT2D eigenvalue weighted by molar-refractivity contribution is 6.32. The number of rotatable bonds is 5. The summed E-state index contributed by atoms with van der Waals surface area (Å²) in [6.07, 6.45) is 3.73. The Hall–Kier alpha value is -2.80. The molecule has 1 aliphatic rings. The van der Waals surface area contributed by atoms with Crippen LogP contribution >= 0.6 is 11.6 Å². The lowest BCUT2D eigenvalue weighted by molar-refractivity contribution is -0.139. The number of ether oxygens (including phenoxy) is 1. The van der Waals surface area contributed by atoms with Gasteiger partial charge in [-0.25, -0.2) is 4.79 Å². The summed E-state index contributed by atoms with van der Waals surface area (Å²) in [6.45, 7) is -0.518. The van der Waals surface area contributed by atoms with Crippen molar-refractivity contribution in [3.05, 3.63) is 56.5 Å². The first kappa shape index (κ1) is 18.0. The number of aromatic amines is 1. The van der Waals surface area contributed by atoms with Crippen LogP contribution in [0.2, 0.25) is 5.02 Å². The number of aryl methyl sites for hydroxylation is 2. The van der Waals surface area contributed by atoms with E-state index in [0.29, 0.717) is 5.69 Å². The van der Waals surface area contributed by atoms with Gasteiger partial charge >= 0.3 is 5.97 Å². The fraction of sp³-hybridized carbons (Fsp3) is 0.278. The number of carboxylic acids is 1. The van der Waals surface area contributed by atoms with Crippen molar-refractivity contribution < 1.29 is 19.4 Å². The minimum atomic E-state index is -1.12. The summed E-state index contributed by atoms with van der Waals surface area (Å²) in [5, 5.41) is 11.4. The molecule has 1 aromatic heterocycles. The van der Waals surface area contributed by atoms with Gasteiger partial charge in [-0.2, -0.15) is 0 Å². The van der Waals surface area contributed by atoms with E-state index in [-0.39, 0.29) is 16.3 Å². The van der Waals surface area contributed by atoms with Crippen molar-refractivity contribution in [2.24, 2.45) is 0 Å². The Labute approximate surface area is 154 Å². The topological polar surface area (TPSA) is 108 Å². The third kappa shape index (κ3) is 4.05. The van der Waals surface area contributed by atoms with Gasteiger partial charge in [0, 0.05) is 11.4 Å². The number of H-pyrrole nitrogens is 1. The van der Waals surface area contributed by atoms with E-state index in [1.807, 2.05) is 0 Å². The van der Waals surface area contributed by atoms with Crippen LogP contribution in [0.1, 0.15) is 34.5 Å². The molecule has 0 aliphatic heterocycles. The Morgan fingerprint density at radius 3 is 2.73 bits per heavy atom. The Morgan fingerprint density at radius 2 is 2.00 bits per heavy atom. The maximum absolute atomic E-state index is 12.4. The van der Waals surface area contributed by atoms with Gasteiger partial charge in [0.25, 0.3) is 11.5 Å². The summed E-state index contributed by atoms with van der Waals surface area (Å²) < 4.78 is 5.02. The van der Waals surface area contributed by atoms with Crippen LogP contribution in [-0.4, -0.2) is 28.6 Å². The molecule has 0 unspecified atom stereocenters. The molecule has 1 heterocycles. The Morgan fingerprint density at radius 1 is 1.23 bits per heavy atom. The second-order valence-corrected chi connectivity index (χ2v) is 6.41. The molecular weight excluding hydrogens is 360 g/mol. The van der Waals surface area contributed by atoms with E-state index < -0.39 is 24.0 Å². The number of fused-ring (bicyclic) bond motifs is 1. The number of amides is 1. The zero-order chi connectivity index (χ0) is 18.7. The molecule has 0 saturated carbocycles. The first-order chi connectivity index (χ1) is 12.4. The summed E-state index contributed by atoms with van der Waals surface area (Å²) in [4.78, 5) is 37.9. The highest BCUT2D eigenvalue weighted by Crippen LogP contribution is 2.28. The lowest BCUT2D eigenvalue weighted by Crippen LogP contribution is -2.26. The van der Waals surface area contributed by atoms with Crippen LogP contribution in [0.25, 0.3) is 0 Å². The van der Waals surface area contributed by atoms with E-state index in [0.717, 1.165) is 36.9 Å². The van der Waals surface area contributed by atoms with Crippen molar-refractivity contribution in [3.63, 3.8) is 0 Å². The largest absolute Gasteiger partial charge is 0.480 e. The zero-order valence-corrected chi connectivity index (χ0v) is 14.6. The van der Waals surface area contributed by atoms with Crippen LogP contribution in [0.15, 0.2) is 29.1 Å². The molecule has 1 aliphatic carbocycles. The number of pyridine rings is 1. The van der Waals surface area contributed by atoms with Gasteiger partial charge in [0.15, 0.2) is 6.61 Å². The highest BCUT2D eigenvalue weighted by atomic mass is 35.5. The predicted molar refractivity (Wildman–Crippen MR) is 96.2 cm³/mol. The number of hydrogen-bond donors (Lipinski definition) is 3. The molecule has 136 valence electrons. The minimum absolute atomic E-state index is 0.0491. The molecule has 0 fully saturated rings. The van der Waals surface area contributed by atoms with Crippen molar-refractivity contribution in [1.29, 1.82) is 0 Å². The summed E-state index contributed by atoms with van der Waals surface area (Å²) >= 11 is 6.03. The van der Waals surface area contributed by atoms with E-state index in [2.05, 4.69) is 10.3 Å². The van der Waals surface area contributed by atoms with Crippen LogP contribution < -0.4 is 15.6 Å². The molecule has 1 amide bonds. The van der Waals surface area contributed by atoms with Crippen LogP contribution in [-0.2, 0) is 17.6 Å². The van der Waals surface area contributed by atoms with Crippen LogP contribution in [0, 0.1) is 0 Å². The quantitative estimate of drug-likeness (QED) is 0.743. The van der Waals surface area contributed by atoms with E-state index in [9.17, 15) is 14.4 Å². The zero-order valence-electron chi connectivity index (χ0n) is 13.8. The Bertz CT molecular complexity index is 922. The molecule has 0 spiro atoms. The summed E-state index contributed by atoms with van der Waals surface area (Å²) in [6, 6.07) is 6.06. The van der Waals surface area contributed by atoms with E-state index in [4.69, 9.17) is 21.4 Å². The number of halogens is 1. The predicted octanol–water partition coefficient (Wildman–Crippen LogP) is 2.62. The number of anilines is 1. The average molecular weight is 377 g/mol. The lowest BCUT2D eigenvalue weighted by Gasteiger charge is -2.16. The molecule has 7 nitrogen and oxygen atoms in total. The number of hydrogen-bond acceptors (Lipinski definition) is 4. The molecule has 0 atom stereocenters. The van der Waals surface area contributed by atoms with E-state index >= 15 is 0 Å². The Kier molecular flexibility index (Phi) is 5.27. The lowest BCUT2D eigenvalue weighted by atomic mass is 9.95. The average Bonchev–Trinajstić information content (AvgIpc) is 2.60. The first-order valence-corrected chi connectivity index (χ1v) is 8.52. The highest BCUT2D eigenvalue weighted by Gasteiger charge is 2.17. The molecule has 1 aromatic carbocycles. The molecule has 26 heavy (non-hydrogen) atoms. The summed E-state index contributed by atoms with van der Waals surface area (Å²) in [5.41, 5.74) is 1.90. The number of aliphatic carboxylic acids is 1. The smallest absolute Gasteiger partial charge is 0.341 e. The van der Waals surface area contributed by atoms with Crippen molar-refractivity contribution in [2.45, 2.75) is 25.7 Å². The molecule has 0 radical (unpaired) electrons. The van der Waals surface area contributed by atoms with Gasteiger partial charge in [-0.15, -0.1) is 0 Å². The maximum Gasteiger partial charge on any atom is 0.341 e. The minimum Gasteiger partial charge on any atom is -0.480 e. The van der Waals surface area contributed by atoms with E-state index in [1.54, 1.807) is 6.07 Å². The van der Waals surface area contributed by atoms with Gasteiger partial charge in [0.05, 0.1) is 5.02 Å². The van der Waals surface area contributed by atoms with Gasteiger partial charge < -0.3 is 20.1 Å². The third-order valence-electron chi connectivity index (χ3n) is 4.12. The number of carboxylic acid groups (broad SMARTS) is 1. The van der Waals surface area contributed by atoms with Gasteiger partial charge in [-0.1, -0.05) is 11.6 Å². The van der Waals surface area contributed by atoms with Crippen LogP contribution in [0.4, 0.5) is 5.69 Å². The maximum atomic E-state index is 12.4. The van der Waals surface area contributed by atoms with E-state index in [1.165, 1.54) is 18.2 Å². The van der Waals surface area contributed by atoms with Crippen LogP contribution in [0.5, 0.6) is 5.75 Å². The second-order valence-electron chi connectivity index (χ2n) is 6.00. The standard InChI is InChI=1S/C18H17ClN2O5/c19-13-8-11(5-6-15(13)26-9-16(22)23)20-17(24)12-7-10-3-1-2-4-14(10)21-18(12)25/h5-8H,1-4,9H2,(H,20,24)(H,21,25)(H,22,23). The number of carbonyl (C=O) groups is 2. The van der Waals surface area contributed by atoms with Gasteiger partial charge in [0.2, 0.25) is 0 Å². The number of carbonyl (C=O) groups excluding carboxylic acids is 1. The van der Waals surface area contributed by atoms with Crippen molar-refractivity contribution in [2.75, 3.05) is 11.9 Å². The number of aromatic nitrogens is 1. The fourth-order valence-electron chi connectivity index (χ4n) is 2.88. The van der Waals surface area contributed by atoms with Gasteiger partial charge in [-0.3, -0.25) is 9.59 Å². The summed E-state index contributed by atoms with van der Waals surface area (Å²) in [5.74, 6) is -1.46. The summed E-state index contributed by atoms with van der Waals surface area (Å²) in [7, 11) is 0.